The van der Waals surface area contributed by atoms with E-state index in [1.165, 1.54) is 0 Å². The summed E-state index contributed by atoms with van der Waals surface area (Å²) < 4.78 is 42.4. The lowest BCUT2D eigenvalue weighted by Gasteiger charge is -2.07. The van der Waals surface area contributed by atoms with Crippen LogP contribution < -0.4 is 15.6 Å². The third-order valence-corrected chi connectivity index (χ3v) is 5.46. The Labute approximate surface area is 139 Å². The fraction of sp³-hybridized carbons (Fsp3) is 1.00. The number of rotatable bonds is 4. The fourth-order valence-corrected chi connectivity index (χ4v) is 4.55. The van der Waals surface area contributed by atoms with Crippen LogP contribution >= 0.6 is 12.4 Å². The van der Waals surface area contributed by atoms with Crippen molar-refractivity contribution in [3.63, 3.8) is 0 Å². The van der Waals surface area contributed by atoms with Crippen molar-refractivity contribution in [3.05, 3.63) is 0 Å². The SMILES string of the molecule is CN1CCC(CS(N)(=O)=O)C1.Cl.NS(=O)(=O)CC1CCNC1. The molecular weight excluding hydrogens is 352 g/mol. The van der Waals surface area contributed by atoms with Crippen molar-refractivity contribution in [1.29, 1.82) is 0 Å². The van der Waals surface area contributed by atoms with Gasteiger partial charge in [-0.25, -0.2) is 27.1 Å². The molecule has 0 aromatic heterocycles. The lowest BCUT2D eigenvalue weighted by Crippen LogP contribution is -2.24. The Morgan fingerprint density at radius 1 is 1.05 bits per heavy atom. The molecule has 2 atom stereocenters. The lowest BCUT2D eigenvalue weighted by molar-refractivity contribution is 0.401. The smallest absolute Gasteiger partial charge is 0.209 e. The molecule has 2 fully saturated rings. The summed E-state index contributed by atoms with van der Waals surface area (Å²) in [6.07, 6.45) is 1.88. The predicted octanol–water partition coefficient (Wildman–Crippen LogP) is -1.47. The Kier molecular flexibility index (Phi) is 9.37. The van der Waals surface area contributed by atoms with Crippen LogP contribution in [-0.2, 0) is 20.0 Å². The molecule has 0 aromatic carbocycles. The number of nitrogens with zero attached hydrogens (tertiary/aromatic N) is 1. The van der Waals surface area contributed by atoms with Gasteiger partial charge in [0.05, 0.1) is 11.5 Å². The average molecular weight is 379 g/mol. The van der Waals surface area contributed by atoms with Gasteiger partial charge in [0.15, 0.2) is 0 Å². The van der Waals surface area contributed by atoms with Gasteiger partial charge in [0.25, 0.3) is 0 Å². The van der Waals surface area contributed by atoms with Gasteiger partial charge < -0.3 is 10.2 Å². The Balaban J connectivity index is 0.000000385. The summed E-state index contributed by atoms with van der Waals surface area (Å²) >= 11 is 0. The first-order valence-corrected chi connectivity index (χ1v) is 10.4. The zero-order valence-corrected chi connectivity index (χ0v) is 15.2. The van der Waals surface area contributed by atoms with E-state index in [9.17, 15) is 16.8 Å². The van der Waals surface area contributed by atoms with E-state index >= 15 is 0 Å². The van der Waals surface area contributed by atoms with Crippen molar-refractivity contribution in [2.24, 2.45) is 22.1 Å². The summed E-state index contributed by atoms with van der Waals surface area (Å²) in [6, 6.07) is 0. The molecule has 134 valence electrons. The minimum atomic E-state index is -3.26. The van der Waals surface area contributed by atoms with Gasteiger partial charge in [0.2, 0.25) is 20.0 Å². The molecule has 2 rings (SSSR count). The molecule has 0 aromatic rings. The Morgan fingerprint density at radius 2 is 1.59 bits per heavy atom. The van der Waals surface area contributed by atoms with Crippen molar-refractivity contribution in [3.8, 4) is 0 Å². The van der Waals surface area contributed by atoms with Crippen molar-refractivity contribution >= 4 is 32.5 Å². The largest absolute Gasteiger partial charge is 0.316 e. The monoisotopic (exact) mass is 378 g/mol. The van der Waals surface area contributed by atoms with Gasteiger partial charge in [-0.3, -0.25) is 0 Å². The normalized spacial score (nSPS) is 26.1. The minimum Gasteiger partial charge on any atom is -0.316 e. The van der Waals surface area contributed by atoms with Crippen LogP contribution in [0.25, 0.3) is 0 Å². The second kappa shape index (κ2) is 9.36. The molecule has 0 aliphatic carbocycles. The maximum absolute atomic E-state index is 10.7. The number of sulfonamides is 2. The maximum Gasteiger partial charge on any atom is 0.209 e. The summed E-state index contributed by atoms with van der Waals surface area (Å²) in [4.78, 5) is 2.12. The summed E-state index contributed by atoms with van der Waals surface area (Å²) in [5, 5.41) is 12.8. The van der Waals surface area contributed by atoms with Crippen LogP contribution in [0.15, 0.2) is 0 Å². The summed E-state index contributed by atoms with van der Waals surface area (Å²) in [7, 11) is -4.52. The summed E-state index contributed by atoms with van der Waals surface area (Å²) in [5.41, 5.74) is 0. The molecule has 2 heterocycles. The molecule has 2 aliphatic heterocycles. The molecule has 2 aliphatic rings. The molecule has 2 saturated heterocycles. The second-order valence-electron chi connectivity index (χ2n) is 5.93. The molecule has 0 saturated carbocycles. The van der Waals surface area contributed by atoms with E-state index in [1.807, 2.05) is 7.05 Å². The van der Waals surface area contributed by atoms with Gasteiger partial charge in [-0.15, -0.1) is 12.4 Å². The highest BCUT2D eigenvalue weighted by atomic mass is 35.5. The third kappa shape index (κ3) is 10.7. The highest BCUT2D eigenvalue weighted by molar-refractivity contribution is 7.89. The Morgan fingerprint density at radius 3 is 1.95 bits per heavy atom. The number of nitrogens with one attached hydrogen (secondary N) is 1. The Bertz CT molecular complexity index is 520. The van der Waals surface area contributed by atoms with Crippen LogP contribution in [0.1, 0.15) is 12.8 Å². The van der Waals surface area contributed by atoms with Gasteiger partial charge in [0.1, 0.15) is 0 Å². The van der Waals surface area contributed by atoms with Crippen molar-refractivity contribution in [2.75, 3.05) is 44.7 Å². The second-order valence-corrected chi connectivity index (χ2v) is 9.25. The van der Waals surface area contributed by atoms with Crippen LogP contribution in [0.2, 0.25) is 0 Å². The highest BCUT2D eigenvalue weighted by Gasteiger charge is 2.23. The standard InChI is InChI=1S/C6H14N2O2S.C5H12N2O2S.ClH/c1-8-3-2-6(4-8)5-11(7,9)10;6-10(8,9)4-5-1-2-7-3-5;/h6H,2-5H2,1H3,(H2,7,9,10);5,7H,1-4H2,(H2,6,8,9);1H. The van der Waals surface area contributed by atoms with Crippen LogP contribution in [0.3, 0.4) is 0 Å². The zero-order valence-electron chi connectivity index (χ0n) is 12.8. The van der Waals surface area contributed by atoms with Crippen molar-refractivity contribution in [2.45, 2.75) is 12.8 Å². The summed E-state index contributed by atoms with van der Waals surface area (Å²) in [6.45, 7) is 3.55. The van der Waals surface area contributed by atoms with E-state index in [0.717, 1.165) is 39.0 Å². The molecule has 0 amide bonds. The molecular formula is C11H27ClN4O4S2. The first-order valence-electron chi connectivity index (χ1n) is 6.95. The fourth-order valence-electron chi connectivity index (χ4n) is 2.68. The van der Waals surface area contributed by atoms with Crippen LogP contribution in [0, 0.1) is 11.8 Å². The van der Waals surface area contributed by atoms with Crippen molar-refractivity contribution in [1.82, 2.24) is 10.2 Å². The molecule has 5 N–H and O–H groups in total. The highest BCUT2D eigenvalue weighted by Crippen LogP contribution is 2.14. The van der Waals surface area contributed by atoms with Crippen LogP contribution in [-0.4, -0.2) is 66.5 Å². The van der Waals surface area contributed by atoms with E-state index in [1.54, 1.807) is 0 Å². The topological polar surface area (TPSA) is 136 Å². The van der Waals surface area contributed by atoms with Gasteiger partial charge in [-0.2, -0.15) is 0 Å². The van der Waals surface area contributed by atoms with E-state index in [4.69, 9.17) is 10.3 Å². The number of hydrogen-bond donors (Lipinski definition) is 3. The number of likely N-dealkylation sites (tertiary alicyclic amines) is 1. The van der Waals surface area contributed by atoms with E-state index < -0.39 is 20.0 Å². The summed E-state index contributed by atoms with van der Waals surface area (Å²) in [5.74, 6) is 0.738. The van der Waals surface area contributed by atoms with Crippen LogP contribution in [0.5, 0.6) is 0 Å². The molecule has 0 spiro atoms. The quantitative estimate of drug-likeness (QED) is 0.546. The Hall–Kier alpha value is 0.0300. The molecule has 22 heavy (non-hydrogen) atoms. The van der Waals surface area contributed by atoms with Gasteiger partial charge in [-0.1, -0.05) is 0 Å². The first-order chi connectivity index (χ1) is 9.55. The molecule has 8 nitrogen and oxygen atoms in total. The first kappa shape index (κ1) is 22.0. The predicted molar refractivity (Wildman–Crippen MR) is 89.8 cm³/mol. The van der Waals surface area contributed by atoms with E-state index in [2.05, 4.69) is 10.2 Å². The number of primary sulfonamides is 2. The zero-order chi connectivity index (χ0) is 16.1. The third-order valence-electron chi connectivity index (χ3n) is 3.59. The maximum atomic E-state index is 10.7. The molecule has 11 heteroatoms. The lowest BCUT2D eigenvalue weighted by atomic mass is 10.2. The van der Waals surface area contributed by atoms with E-state index in [0.29, 0.717) is 0 Å². The van der Waals surface area contributed by atoms with Gasteiger partial charge in [0, 0.05) is 6.54 Å². The van der Waals surface area contributed by atoms with Crippen LogP contribution in [0.4, 0.5) is 0 Å². The number of halogens is 1. The van der Waals surface area contributed by atoms with E-state index in [-0.39, 0.29) is 35.7 Å². The van der Waals surface area contributed by atoms with Crippen molar-refractivity contribution < 1.29 is 16.8 Å². The molecule has 0 bridgehead atoms. The molecule has 2 unspecified atom stereocenters. The number of nitrogens with two attached hydrogens (primary N) is 2. The number of hydrogen-bond acceptors (Lipinski definition) is 6. The van der Waals surface area contributed by atoms with Gasteiger partial charge >= 0.3 is 0 Å². The van der Waals surface area contributed by atoms with Gasteiger partial charge in [-0.05, 0) is 51.4 Å². The average Bonchev–Trinajstić information content (AvgIpc) is 2.87. The minimum absolute atomic E-state index is 0. The molecule has 0 radical (unpaired) electrons.